The maximum Gasteiger partial charge on any atom is 0.218 e. The monoisotopic (exact) mass is 257 g/mol. The summed E-state index contributed by atoms with van der Waals surface area (Å²) in [4.78, 5) is 8.53. The van der Waals surface area contributed by atoms with Gasteiger partial charge in [-0.3, -0.25) is 0 Å². The van der Waals surface area contributed by atoms with E-state index in [0.29, 0.717) is 30.2 Å². The van der Waals surface area contributed by atoms with Crippen molar-refractivity contribution >= 4 is 17.4 Å². The summed E-state index contributed by atoms with van der Waals surface area (Å²) in [5.74, 6) is 2.83. The van der Waals surface area contributed by atoms with Crippen LogP contribution in [0.5, 0.6) is 5.88 Å². The number of aromatic nitrogens is 2. The first-order chi connectivity index (χ1) is 8.15. The minimum absolute atomic E-state index is 0.345. The van der Waals surface area contributed by atoms with E-state index in [1.807, 2.05) is 19.9 Å². The Kier molecular flexibility index (Phi) is 6.05. The standard InChI is InChI=1S/C12H20ClN3O/c1-4-17-12-8-11(15-10(3)16-12)14-9(2)6-5-7-13/h8-9H,4-7H2,1-3H3,(H,14,15,16). The predicted octanol–water partition coefficient (Wildman–Crippen LogP) is 3.00. The largest absolute Gasteiger partial charge is 0.478 e. The molecule has 0 fully saturated rings. The number of anilines is 1. The van der Waals surface area contributed by atoms with Gasteiger partial charge in [-0.15, -0.1) is 11.6 Å². The summed E-state index contributed by atoms with van der Waals surface area (Å²) in [5, 5.41) is 3.33. The summed E-state index contributed by atoms with van der Waals surface area (Å²) >= 11 is 5.67. The normalized spacial score (nSPS) is 12.2. The van der Waals surface area contributed by atoms with Gasteiger partial charge in [0.15, 0.2) is 0 Å². The average Bonchev–Trinajstić information content (AvgIpc) is 2.26. The fourth-order valence-electron chi connectivity index (χ4n) is 1.54. The van der Waals surface area contributed by atoms with E-state index in [0.717, 1.165) is 18.7 Å². The zero-order valence-electron chi connectivity index (χ0n) is 10.7. The molecule has 0 radical (unpaired) electrons. The van der Waals surface area contributed by atoms with E-state index in [2.05, 4.69) is 22.2 Å². The topological polar surface area (TPSA) is 47.0 Å². The van der Waals surface area contributed by atoms with Gasteiger partial charge in [0.05, 0.1) is 6.61 Å². The summed E-state index contributed by atoms with van der Waals surface area (Å²) in [6.07, 6.45) is 2.02. The van der Waals surface area contributed by atoms with Crippen molar-refractivity contribution in [2.75, 3.05) is 17.8 Å². The third-order valence-corrected chi connectivity index (χ3v) is 2.54. The Hall–Kier alpha value is -1.03. The maximum atomic E-state index is 5.67. The molecule has 0 aliphatic carbocycles. The van der Waals surface area contributed by atoms with E-state index in [4.69, 9.17) is 16.3 Å². The summed E-state index contributed by atoms with van der Waals surface area (Å²) < 4.78 is 5.38. The molecular weight excluding hydrogens is 238 g/mol. The van der Waals surface area contributed by atoms with E-state index in [1.54, 1.807) is 0 Å². The SMILES string of the molecule is CCOc1cc(NC(C)CCCCl)nc(C)n1. The molecule has 0 amide bonds. The second kappa shape index (κ2) is 7.33. The van der Waals surface area contributed by atoms with Crippen molar-refractivity contribution in [2.24, 2.45) is 0 Å². The molecule has 1 unspecified atom stereocenters. The Labute approximate surface area is 108 Å². The van der Waals surface area contributed by atoms with Crippen LogP contribution in [-0.4, -0.2) is 28.5 Å². The van der Waals surface area contributed by atoms with Gasteiger partial charge >= 0.3 is 0 Å². The van der Waals surface area contributed by atoms with Gasteiger partial charge in [0.2, 0.25) is 5.88 Å². The van der Waals surface area contributed by atoms with Crippen molar-refractivity contribution in [3.05, 3.63) is 11.9 Å². The summed E-state index contributed by atoms with van der Waals surface area (Å²) in [5.41, 5.74) is 0. The number of hydrogen-bond donors (Lipinski definition) is 1. The van der Waals surface area contributed by atoms with E-state index in [-0.39, 0.29) is 0 Å². The predicted molar refractivity (Wildman–Crippen MR) is 71.0 cm³/mol. The Bertz CT molecular complexity index is 347. The molecule has 1 rings (SSSR count). The van der Waals surface area contributed by atoms with Gasteiger partial charge in [-0.25, -0.2) is 4.98 Å². The van der Waals surface area contributed by atoms with Crippen LogP contribution in [-0.2, 0) is 0 Å². The average molecular weight is 258 g/mol. The van der Waals surface area contributed by atoms with Gasteiger partial charge in [-0.2, -0.15) is 4.98 Å². The lowest BCUT2D eigenvalue weighted by molar-refractivity contribution is 0.325. The van der Waals surface area contributed by atoms with Crippen LogP contribution in [0.3, 0.4) is 0 Å². The lowest BCUT2D eigenvalue weighted by atomic mass is 10.2. The molecule has 0 saturated carbocycles. The van der Waals surface area contributed by atoms with Crippen LogP contribution >= 0.6 is 11.6 Å². The third-order valence-electron chi connectivity index (χ3n) is 2.27. The number of alkyl halides is 1. The first-order valence-electron chi connectivity index (χ1n) is 5.96. The van der Waals surface area contributed by atoms with Crippen molar-refractivity contribution in [3.63, 3.8) is 0 Å². The molecule has 0 aromatic carbocycles. The maximum absolute atomic E-state index is 5.67. The number of rotatable bonds is 7. The molecule has 1 atom stereocenters. The van der Waals surface area contributed by atoms with Gasteiger partial charge in [0.25, 0.3) is 0 Å². The highest BCUT2D eigenvalue weighted by Crippen LogP contribution is 2.15. The molecule has 0 spiro atoms. The van der Waals surface area contributed by atoms with Crippen molar-refractivity contribution in [1.82, 2.24) is 9.97 Å². The number of aryl methyl sites for hydroxylation is 1. The van der Waals surface area contributed by atoms with E-state index >= 15 is 0 Å². The quantitative estimate of drug-likeness (QED) is 0.763. The van der Waals surface area contributed by atoms with Crippen molar-refractivity contribution in [1.29, 1.82) is 0 Å². The molecule has 0 saturated heterocycles. The van der Waals surface area contributed by atoms with Crippen molar-refractivity contribution < 1.29 is 4.74 Å². The zero-order valence-corrected chi connectivity index (χ0v) is 11.4. The molecule has 0 aliphatic rings. The Morgan fingerprint density at radius 1 is 1.47 bits per heavy atom. The third kappa shape index (κ3) is 5.22. The van der Waals surface area contributed by atoms with Crippen molar-refractivity contribution in [3.8, 4) is 5.88 Å². The lowest BCUT2D eigenvalue weighted by Crippen LogP contribution is -2.16. The summed E-state index contributed by atoms with van der Waals surface area (Å²) in [6, 6.07) is 2.17. The van der Waals surface area contributed by atoms with Crippen LogP contribution in [0, 0.1) is 6.92 Å². The molecule has 0 aliphatic heterocycles. The molecular formula is C12H20ClN3O. The van der Waals surface area contributed by atoms with Crippen LogP contribution in [0.4, 0.5) is 5.82 Å². The number of hydrogen-bond acceptors (Lipinski definition) is 4. The Balaban J connectivity index is 2.63. The lowest BCUT2D eigenvalue weighted by Gasteiger charge is -2.14. The second-order valence-corrected chi connectivity index (χ2v) is 4.33. The zero-order chi connectivity index (χ0) is 12.7. The fraction of sp³-hybridized carbons (Fsp3) is 0.667. The fourth-order valence-corrected chi connectivity index (χ4v) is 1.70. The molecule has 1 heterocycles. The minimum Gasteiger partial charge on any atom is -0.478 e. The molecule has 1 aromatic rings. The number of ether oxygens (including phenoxy) is 1. The Morgan fingerprint density at radius 2 is 2.24 bits per heavy atom. The van der Waals surface area contributed by atoms with Gasteiger partial charge in [-0.05, 0) is 33.6 Å². The van der Waals surface area contributed by atoms with Crippen LogP contribution < -0.4 is 10.1 Å². The molecule has 1 aromatic heterocycles. The van der Waals surface area contributed by atoms with Gasteiger partial charge in [0, 0.05) is 18.0 Å². The van der Waals surface area contributed by atoms with E-state index in [1.165, 1.54) is 0 Å². The molecule has 96 valence electrons. The highest BCUT2D eigenvalue weighted by Gasteiger charge is 2.06. The Morgan fingerprint density at radius 3 is 2.88 bits per heavy atom. The molecule has 17 heavy (non-hydrogen) atoms. The number of nitrogens with zero attached hydrogens (tertiary/aromatic N) is 2. The van der Waals surface area contributed by atoms with Gasteiger partial charge in [0.1, 0.15) is 11.6 Å². The molecule has 0 bridgehead atoms. The van der Waals surface area contributed by atoms with E-state index < -0.39 is 0 Å². The summed E-state index contributed by atoms with van der Waals surface area (Å²) in [6.45, 7) is 6.52. The van der Waals surface area contributed by atoms with Crippen molar-refractivity contribution in [2.45, 2.75) is 39.7 Å². The van der Waals surface area contributed by atoms with Crippen LogP contribution in [0.1, 0.15) is 32.5 Å². The summed E-state index contributed by atoms with van der Waals surface area (Å²) in [7, 11) is 0. The smallest absolute Gasteiger partial charge is 0.218 e. The molecule has 4 nitrogen and oxygen atoms in total. The highest BCUT2D eigenvalue weighted by molar-refractivity contribution is 6.17. The minimum atomic E-state index is 0.345. The van der Waals surface area contributed by atoms with E-state index in [9.17, 15) is 0 Å². The van der Waals surface area contributed by atoms with Crippen LogP contribution in [0.15, 0.2) is 6.07 Å². The van der Waals surface area contributed by atoms with Gasteiger partial charge < -0.3 is 10.1 Å². The first kappa shape index (κ1) is 14.0. The first-order valence-corrected chi connectivity index (χ1v) is 6.50. The van der Waals surface area contributed by atoms with Crippen LogP contribution in [0.2, 0.25) is 0 Å². The second-order valence-electron chi connectivity index (χ2n) is 3.95. The number of nitrogens with one attached hydrogen (secondary N) is 1. The van der Waals surface area contributed by atoms with Crippen LogP contribution in [0.25, 0.3) is 0 Å². The van der Waals surface area contributed by atoms with Gasteiger partial charge in [-0.1, -0.05) is 0 Å². The number of halogens is 1. The highest BCUT2D eigenvalue weighted by atomic mass is 35.5. The molecule has 5 heteroatoms. The molecule has 1 N–H and O–H groups in total.